The van der Waals surface area contributed by atoms with Crippen LogP contribution in [0.3, 0.4) is 0 Å². The van der Waals surface area contributed by atoms with Crippen molar-refractivity contribution in [1.29, 1.82) is 0 Å². The van der Waals surface area contributed by atoms with Gasteiger partial charge in [0, 0.05) is 5.56 Å². The first-order valence-electron chi connectivity index (χ1n) is 7.66. The molecular weight excluding hydrogens is 322 g/mol. The lowest BCUT2D eigenvalue weighted by molar-refractivity contribution is -0.123. The third-order valence-corrected chi connectivity index (χ3v) is 3.35. The first kappa shape index (κ1) is 16.5. The number of methoxy groups -OCH3 is 1. The summed E-state index contributed by atoms with van der Waals surface area (Å²) in [6.07, 6.45) is 0. The minimum Gasteiger partial charge on any atom is -0.497 e. The second-order valence-electron chi connectivity index (χ2n) is 5.11. The van der Waals surface area contributed by atoms with Gasteiger partial charge in [0.1, 0.15) is 11.5 Å². The van der Waals surface area contributed by atoms with Gasteiger partial charge in [-0.1, -0.05) is 18.2 Å². The molecule has 0 saturated heterocycles. The van der Waals surface area contributed by atoms with Crippen LogP contribution in [-0.2, 0) is 11.3 Å². The third-order valence-electron chi connectivity index (χ3n) is 3.35. The van der Waals surface area contributed by atoms with E-state index in [4.69, 9.17) is 13.9 Å². The quantitative estimate of drug-likeness (QED) is 0.711. The molecule has 0 fully saturated rings. The molecule has 128 valence electrons. The van der Waals surface area contributed by atoms with Crippen LogP contribution in [0, 0.1) is 0 Å². The summed E-state index contributed by atoms with van der Waals surface area (Å²) in [5.74, 6) is 1.81. The Hall–Kier alpha value is -3.35. The number of nitrogens with one attached hydrogen (secondary N) is 1. The van der Waals surface area contributed by atoms with Gasteiger partial charge in [-0.3, -0.25) is 4.79 Å². The second kappa shape index (κ2) is 7.96. The number of carbonyl (C=O) groups is 1. The summed E-state index contributed by atoms with van der Waals surface area (Å²) < 4.78 is 16.0. The molecule has 0 spiro atoms. The van der Waals surface area contributed by atoms with Crippen LogP contribution in [0.5, 0.6) is 11.5 Å². The molecule has 3 aromatic rings. The van der Waals surface area contributed by atoms with Gasteiger partial charge in [-0.25, -0.2) is 0 Å². The monoisotopic (exact) mass is 339 g/mol. The highest BCUT2D eigenvalue weighted by atomic mass is 16.5. The van der Waals surface area contributed by atoms with E-state index in [1.54, 1.807) is 19.2 Å². The molecule has 7 nitrogen and oxygen atoms in total. The fourth-order valence-corrected chi connectivity index (χ4v) is 2.07. The standard InChI is InChI=1S/C18H17N3O4/c1-23-14-9-7-13(8-10-14)18-21-20-17(25-18)11-19-16(22)12-24-15-5-3-2-4-6-15/h2-10H,11-12H2,1H3,(H,19,22). The smallest absolute Gasteiger partial charge is 0.258 e. The van der Waals surface area contributed by atoms with Gasteiger partial charge in [-0.05, 0) is 36.4 Å². The fraction of sp³-hybridized carbons (Fsp3) is 0.167. The Labute approximate surface area is 144 Å². The predicted molar refractivity (Wildman–Crippen MR) is 90.1 cm³/mol. The third kappa shape index (κ3) is 4.57. The number of hydrogen-bond donors (Lipinski definition) is 1. The van der Waals surface area contributed by atoms with E-state index in [9.17, 15) is 4.79 Å². The minimum absolute atomic E-state index is 0.0799. The molecule has 0 aliphatic rings. The Balaban J connectivity index is 1.50. The van der Waals surface area contributed by atoms with Crippen LogP contribution in [0.15, 0.2) is 59.0 Å². The van der Waals surface area contributed by atoms with Crippen molar-refractivity contribution in [3.8, 4) is 23.0 Å². The first-order chi connectivity index (χ1) is 12.2. The largest absolute Gasteiger partial charge is 0.497 e. The van der Waals surface area contributed by atoms with Gasteiger partial charge in [-0.15, -0.1) is 10.2 Å². The lowest BCUT2D eigenvalue weighted by atomic mass is 10.2. The molecule has 25 heavy (non-hydrogen) atoms. The van der Waals surface area contributed by atoms with Crippen molar-refractivity contribution >= 4 is 5.91 Å². The molecule has 7 heteroatoms. The van der Waals surface area contributed by atoms with E-state index >= 15 is 0 Å². The number of rotatable bonds is 7. The van der Waals surface area contributed by atoms with E-state index < -0.39 is 0 Å². The van der Waals surface area contributed by atoms with Crippen LogP contribution < -0.4 is 14.8 Å². The zero-order valence-electron chi connectivity index (χ0n) is 13.6. The lowest BCUT2D eigenvalue weighted by Gasteiger charge is -2.05. The normalized spacial score (nSPS) is 10.3. The summed E-state index contributed by atoms with van der Waals surface area (Å²) >= 11 is 0. The molecule has 0 aliphatic carbocycles. The molecule has 0 radical (unpaired) electrons. The minimum atomic E-state index is -0.270. The molecule has 0 unspecified atom stereocenters. The van der Waals surface area contributed by atoms with Crippen molar-refractivity contribution < 1.29 is 18.7 Å². The molecule has 1 heterocycles. The highest BCUT2D eigenvalue weighted by molar-refractivity contribution is 5.77. The van der Waals surface area contributed by atoms with Crippen LogP contribution in [0.4, 0.5) is 0 Å². The topological polar surface area (TPSA) is 86.5 Å². The SMILES string of the molecule is COc1ccc(-c2nnc(CNC(=O)COc3ccccc3)o2)cc1. The van der Waals surface area contributed by atoms with Gasteiger partial charge in [0.25, 0.3) is 5.91 Å². The number of nitrogens with zero attached hydrogens (tertiary/aromatic N) is 2. The molecule has 0 atom stereocenters. The van der Waals surface area contributed by atoms with Crippen LogP contribution in [-0.4, -0.2) is 29.8 Å². The van der Waals surface area contributed by atoms with Gasteiger partial charge in [0.05, 0.1) is 13.7 Å². The number of amides is 1. The van der Waals surface area contributed by atoms with Crippen LogP contribution >= 0.6 is 0 Å². The molecule has 1 amide bonds. The molecule has 0 saturated carbocycles. The number of ether oxygens (including phenoxy) is 2. The molecule has 2 aromatic carbocycles. The van der Waals surface area contributed by atoms with Gasteiger partial charge < -0.3 is 19.2 Å². The molecule has 3 rings (SSSR count). The van der Waals surface area contributed by atoms with Crippen molar-refractivity contribution in [2.75, 3.05) is 13.7 Å². The molecule has 1 N–H and O–H groups in total. The molecule has 0 aliphatic heterocycles. The summed E-state index contributed by atoms with van der Waals surface area (Å²) in [6, 6.07) is 16.4. The van der Waals surface area contributed by atoms with Gasteiger partial charge >= 0.3 is 0 Å². The Morgan fingerprint density at radius 1 is 1.04 bits per heavy atom. The maximum absolute atomic E-state index is 11.8. The van der Waals surface area contributed by atoms with Crippen LogP contribution in [0.25, 0.3) is 11.5 Å². The van der Waals surface area contributed by atoms with E-state index in [1.807, 2.05) is 42.5 Å². The average molecular weight is 339 g/mol. The summed E-state index contributed by atoms with van der Waals surface area (Å²) in [5, 5.41) is 10.6. The number of para-hydroxylation sites is 1. The van der Waals surface area contributed by atoms with E-state index in [0.29, 0.717) is 17.5 Å². The van der Waals surface area contributed by atoms with Gasteiger partial charge in [0.2, 0.25) is 11.8 Å². The second-order valence-corrected chi connectivity index (χ2v) is 5.11. The van der Waals surface area contributed by atoms with Crippen LogP contribution in [0.2, 0.25) is 0 Å². The zero-order chi connectivity index (χ0) is 17.5. The Morgan fingerprint density at radius 2 is 1.80 bits per heavy atom. The Kier molecular flexibility index (Phi) is 5.26. The average Bonchev–Trinajstić information content (AvgIpc) is 3.14. The zero-order valence-corrected chi connectivity index (χ0v) is 13.6. The number of hydrogen-bond acceptors (Lipinski definition) is 6. The first-order valence-corrected chi connectivity index (χ1v) is 7.66. The molecule has 1 aromatic heterocycles. The number of carbonyl (C=O) groups excluding carboxylic acids is 1. The molecule has 0 bridgehead atoms. The van der Waals surface area contributed by atoms with Gasteiger partial charge in [-0.2, -0.15) is 0 Å². The molecular formula is C18H17N3O4. The summed E-state index contributed by atoms with van der Waals surface area (Å²) in [4.78, 5) is 11.8. The van der Waals surface area contributed by atoms with E-state index in [0.717, 1.165) is 11.3 Å². The Morgan fingerprint density at radius 3 is 2.52 bits per heavy atom. The summed E-state index contributed by atoms with van der Waals surface area (Å²) in [5.41, 5.74) is 0.776. The highest BCUT2D eigenvalue weighted by Crippen LogP contribution is 2.21. The summed E-state index contributed by atoms with van der Waals surface area (Å²) in [6.45, 7) is 0.0592. The Bertz CT molecular complexity index is 816. The summed E-state index contributed by atoms with van der Waals surface area (Å²) in [7, 11) is 1.60. The van der Waals surface area contributed by atoms with E-state index in [2.05, 4.69) is 15.5 Å². The highest BCUT2D eigenvalue weighted by Gasteiger charge is 2.10. The van der Waals surface area contributed by atoms with Crippen LogP contribution in [0.1, 0.15) is 5.89 Å². The lowest BCUT2D eigenvalue weighted by Crippen LogP contribution is -2.28. The van der Waals surface area contributed by atoms with Crippen molar-refractivity contribution in [1.82, 2.24) is 15.5 Å². The van der Waals surface area contributed by atoms with Crippen molar-refractivity contribution in [3.05, 3.63) is 60.5 Å². The number of benzene rings is 2. The predicted octanol–water partition coefficient (Wildman–Crippen LogP) is 2.44. The van der Waals surface area contributed by atoms with Crippen molar-refractivity contribution in [3.63, 3.8) is 0 Å². The number of aromatic nitrogens is 2. The fourth-order valence-electron chi connectivity index (χ4n) is 2.07. The van der Waals surface area contributed by atoms with Gasteiger partial charge in [0.15, 0.2) is 6.61 Å². The van der Waals surface area contributed by atoms with E-state index in [1.165, 1.54) is 0 Å². The van der Waals surface area contributed by atoms with Crippen molar-refractivity contribution in [2.45, 2.75) is 6.54 Å². The maximum Gasteiger partial charge on any atom is 0.258 e. The van der Waals surface area contributed by atoms with E-state index in [-0.39, 0.29) is 19.1 Å². The maximum atomic E-state index is 11.8. The van der Waals surface area contributed by atoms with Crippen molar-refractivity contribution in [2.24, 2.45) is 0 Å².